The van der Waals surface area contributed by atoms with Gasteiger partial charge >= 0.3 is 0 Å². The van der Waals surface area contributed by atoms with E-state index in [9.17, 15) is 8.78 Å². The smallest absolute Gasteiger partial charge is 0.191 e. The third kappa shape index (κ3) is 6.23. The molecule has 1 aromatic carbocycles. The zero-order chi connectivity index (χ0) is 19.6. The number of aromatic nitrogens is 1. The Morgan fingerprint density at radius 1 is 1.22 bits per heavy atom. The minimum Gasteiger partial charge on any atom is -0.489 e. The fourth-order valence-electron chi connectivity index (χ4n) is 2.63. The summed E-state index contributed by atoms with van der Waals surface area (Å²) in [6.45, 7) is 5.30. The molecular weight excluding hydrogens is 354 g/mol. The predicted octanol–water partition coefficient (Wildman–Crippen LogP) is 3.60. The summed E-state index contributed by atoms with van der Waals surface area (Å²) in [5.74, 6) is 0.335. The second-order valence-corrected chi connectivity index (χ2v) is 6.01. The highest BCUT2D eigenvalue weighted by Gasteiger charge is 2.13. The van der Waals surface area contributed by atoms with Gasteiger partial charge in [-0.15, -0.1) is 0 Å². The van der Waals surface area contributed by atoms with E-state index >= 15 is 0 Å². The zero-order valence-corrected chi connectivity index (χ0v) is 15.9. The SMILES string of the molecule is CCC(CC)c1cc(CNC(=NC)NCCOc2ccc(F)cc2F)on1. The van der Waals surface area contributed by atoms with Crippen LogP contribution >= 0.6 is 0 Å². The molecule has 0 spiro atoms. The molecule has 1 heterocycles. The van der Waals surface area contributed by atoms with Gasteiger partial charge in [-0.2, -0.15) is 0 Å². The van der Waals surface area contributed by atoms with Gasteiger partial charge in [-0.25, -0.2) is 8.78 Å². The van der Waals surface area contributed by atoms with Crippen LogP contribution in [0.3, 0.4) is 0 Å². The van der Waals surface area contributed by atoms with Crippen molar-refractivity contribution in [2.24, 2.45) is 4.99 Å². The van der Waals surface area contributed by atoms with Gasteiger partial charge in [0.2, 0.25) is 0 Å². The van der Waals surface area contributed by atoms with E-state index in [1.807, 2.05) is 6.07 Å². The van der Waals surface area contributed by atoms with E-state index in [4.69, 9.17) is 9.26 Å². The van der Waals surface area contributed by atoms with Crippen molar-refractivity contribution in [1.82, 2.24) is 15.8 Å². The van der Waals surface area contributed by atoms with E-state index in [-0.39, 0.29) is 12.4 Å². The van der Waals surface area contributed by atoms with E-state index in [0.717, 1.165) is 36.4 Å². The van der Waals surface area contributed by atoms with E-state index in [1.54, 1.807) is 7.05 Å². The minimum absolute atomic E-state index is 0.0109. The van der Waals surface area contributed by atoms with Crippen molar-refractivity contribution in [2.75, 3.05) is 20.2 Å². The number of aliphatic imine (C=N–C) groups is 1. The fourth-order valence-corrected chi connectivity index (χ4v) is 2.63. The Labute approximate surface area is 158 Å². The number of hydrogen-bond donors (Lipinski definition) is 2. The Bertz CT molecular complexity index is 745. The zero-order valence-electron chi connectivity index (χ0n) is 15.9. The maximum atomic E-state index is 13.5. The Morgan fingerprint density at radius 3 is 2.67 bits per heavy atom. The molecule has 0 unspecified atom stereocenters. The third-order valence-corrected chi connectivity index (χ3v) is 4.18. The molecule has 0 aliphatic rings. The summed E-state index contributed by atoms with van der Waals surface area (Å²) < 4.78 is 37.0. The first kappa shape index (κ1) is 20.7. The number of ether oxygens (including phenoxy) is 1. The van der Waals surface area contributed by atoms with Gasteiger partial charge in [0.15, 0.2) is 23.3 Å². The summed E-state index contributed by atoms with van der Waals surface area (Å²) in [6.07, 6.45) is 2.04. The van der Waals surface area contributed by atoms with Crippen LogP contribution in [-0.4, -0.2) is 31.3 Å². The molecule has 0 aliphatic heterocycles. The summed E-state index contributed by atoms with van der Waals surface area (Å²) in [5.41, 5.74) is 0.967. The predicted molar refractivity (Wildman–Crippen MR) is 99.9 cm³/mol. The number of guanidine groups is 1. The normalized spacial score (nSPS) is 11.7. The summed E-state index contributed by atoms with van der Waals surface area (Å²) in [4.78, 5) is 4.10. The van der Waals surface area contributed by atoms with Gasteiger partial charge in [0, 0.05) is 25.1 Å². The minimum atomic E-state index is -0.726. The first-order chi connectivity index (χ1) is 13.1. The number of nitrogens with zero attached hydrogens (tertiary/aromatic N) is 2. The van der Waals surface area contributed by atoms with Crippen LogP contribution < -0.4 is 15.4 Å². The number of benzene rings is 1. The van der Waals surface area contributed by atoms with Gasteiger partial charge in [0.1, 0.15) is 12.4 Å². The molecule has 0 amide bonds. The largest absolute Gasteiger partial charge is 0.489 e. The second kappa shape index (κ2) is 10.5. The first-order valence-corrected chi connectivity index (χ1v) is 9.05. The maximum absolute atomic E-state index is 13.5. The van der Waals surface area contributed by atoms with Crippen molar-refractivity contribution in [3.8, 4) is 5.75 Å². The average molecular weight is 380 g/mol. The topological polar surface area (TPSA) is 71.7 Å². The monoisotopic (exact) mass is 380 g/mol. The van der Waals surface area contributed by atoms with Gasteiger partial charge in [-0.3, -0.25) is 4.99 Å². The van der Waals surface area contributed by atoms with E-state index in [1.165, 1.54) is 6.07 Å². The molecule has 27 heavy (non-hydrogen) atoms. The molecule has 0 saturated carbocycles. The Hall–Kier alpha value is -2.64. The highest BCUT2D eigenvalue weighted by atomic mass is 19.1. The third-order valence-electron chi connectivity index (χ3n) is 4.18. The molecule has 0 atom stereocenters. The van der Waals surface area contributed by atoms with Crippen LogP contribution in [0.15, 0.2) is 33.8 Å². The van der Waals surface area contributed by atoms with Crippen LogP contribution in [0.1, 0.15) is 44.1 Å². The van der Waals surface area contributed by atoms with Crippen LogP contribution in [0.25, 0.3) is 0 Å². The molecule has 0 bridgehead atoms. The summed E-state index contributed by atoms with van der Waals surface area (Å²) in [6, 6.07) is 5.16. The molecule has 2 aromatic rings. The Kier molecular flexibility index (Phi) is 8.03. The van der Waals surface area contributed by atoms with Crippen LogP contribution in [0.5, 0.6) is 5.75 Å². The molecule has 0 saturated heterocycles. The van der Waals surface area contributed by atoms with Crippen LogP contribution in [0, 0.1) is 11.6 Å². The van der Waals surface area contributed by atoms with Crippen molar-refractivity contribution in [3.63, 3.8) is 0 Å². The van der Waals surface area contributed by atoms with Gasteiger partial charge in [-0.1, -0.05) is 19.0 Å². The molecule has 6 nitrogen and oxygen atoms in total. The lowest BCUT2D eigenvalue weighted by atomic mass is 9.99. The molecule has 0 aliphatic carbocycles. The molecule has 1 aromatic heterocycles. The van der Waals surface area contributed by atoms with E-state index in [0.29, 0.717) is 25.0 Å². The highest BCUT2D eigenvalue weighted by molar-refractivity contribution is 5.79. The van der Waals surface area contributed by atoms with E-state index in [2.05, 4.69) is 34.6 Å². The van der Waals surface area contributed by atoms with Gasteiger partial charge in [0.05, 0.1) is 18.8 Å². The fraction of sp³-hybridized carbons (Fsp3) is 0.474. The Balaban J connectivity index is 1.74. The standard InChI is InChI=1S/C19H26F2N4O2/c1-4-13(5-2)17-11-15(27-25-17)12-24-19(22-3)23-8-9-26-18-7-6-14(20)10-16(18)21/h6-7,10-11,13H,4-5,8-9,12H2,1-3H3,(H2,22,23,24). The number of hydrogen-bond acceptors (Lipinski definition) is 4. The summed E-state index contributed by atoms with van der Waals surface area (Å²) >= 11 is 0. The average Bonchev–Trinajstić information content (AvgIpc) is 3.12. The lowest BCUT2D eigenvalue weighted by Crippen LogP contribution is -2.38. The quantitative estimate of drug-likeness (QED) is 0.395. The lowest BCUT2D eigenvalue weighted by Gasteiger charge is -2.12. The van der Waals surface area contributed by atoms with Crippen molar-refractivity contribution in [2.45, 2.75) is 39.2 Å². The molecule has 148 valence electrons. The second-order valence-electron chi connectivity index (χ2n) is 6.01. The van der Waals surface area contributed by atoms with Crippen molar-refractivity contribution >= 4 is 5.96 Å². The molecular formula is C19H26F2N4O2. The summed E-state index contributed by atoms with van der Waals surface area (Å²) in [7, 11) is 1.64. The first-order valence-electron chi connectivity index (χ1n) is 9.05. The lowest BCUT2D eigenvalue weighted by molar-refractivity contribution is 0.304. The van der Waals surface area contributed by atoms with E-state index < -0.39 is 11.6 Å². The van der Waals surface area contributed by atoms with Crippen LogP contribution in [-0.2, 0) is 6.54 Å². The number of rotatable bonds is 9. The molecule has 8 heteroatoms. The van der Waals surface area contributed by atoms with Crippen molar-refractivity contribution < 1.29 is 18.0 Å². The maximum Gasteiger partial charge on any atom is 0.191 e. The Morgan fingerprint density at radius 2 is 2.00 bits per heavy atom. The van der Waals surface area contributed by atoms with Gasteiger partial charge in [-0.05, 0) is 25.0 Å². The van der Waals surface area contributed by atoms with Gasteiger partial charge < -0.3 is 19.9 Å². The van der Waals surface area contributed by atoms with Crippen LogP contribution in [0.4, 0.5) is 8.78 Å². The molecule has 0 fully saturated rings. The molecule has 2 rings (SSSR count). The van der Waals surface area contributed by atoms with Gasteiger partial charge in [0.25, 0.3) is 0 Å². The summed E-state index contributed by atoms with van der Waals surface area (Å²) in [5, 5.41) is 10.3. The van der Waals surface area contributed by atoms with Crippen LogP contribution in [0.2, 0.25) is 0 Å². The number of halogens is 2. The van der Waals surface area contributed by atoms with Crippen molar-refractivity contribution in [1.29, 1.82) is 0 Å². The molecule has 2 N–H and O–H groups in total. The number of nitrogens with one attached hydrogen (secondary N) is 2. The molecule has 0 radical (unpaired) electrons. The highest BCUT2D eigenvalue weighted by Crippen LogP contribution is 2.22. The van der Waals surface area contributed by atoms with Crippen molar-refractivity contribution in [3.05, 3.63) is 47.4 Å².